The van der Waals surface area contributed by atoms with E-state index < -0.39 is 15.8 Å². The van der Waals surface area contributed by atoms with Crippen molar-refractivity contribution in [3.8, 4) is 33.8 Å². The topological polar surface area (TPSA) is 158 Å². The lowest BCUT2D eigenvalue weighted by molar-refractivity contribution is -0.117. The molecule has 4 N–H and O–H groups in total. The third-order valence-corrected chi connectivity index (χ3v) is 9.23. The first-order chi connectivity index (χ1) is 22.7. The summed E-state index contributed by atoms with van der Waals surface area (Å²) in [6, 6.07) is 12.0. The monoisotopic (exact) mass is 652 g/mol. The van der Waals surface area contributed by atoms with Gasteiger partial charge in [-0.05, 0) is 77.9 Å². The Kier molecular flexibility index (Phi) is 8.24. The Bertz CT molecular complexity index is 2220. The van der Waals surface area contributed by atoms with Crippen molar-refractivity contribution in [2.75, 3.05) is 11.6 Å². The molecular weight excluding hydrogens is 619 g/mol. The lowest BCUT2D eigenvalue weighted by Gasteiger charge is -2.20. The van der Waals surface area contributed by atoms with Gasteiger partial charge in [-0.15, -0.1) is 0 Å². The van der Waals surface area contributed by atoms with E-state index in [4.69, 9.17) is 0 Å². The normalized spacial score (nSPS) is 14.2. The average molecular weight is 653 g/mol. The van der Waals surface area contributed by atoms with Gasteiger partial charge < -0.3 is 10.3 Å². The van der Waals surface area contributed by atoms with Crippen LogP contribution in [0.1, 0.15) is 44.1 Å². The molecular formula is C34H33FN8O3S. The highest BCUT2D eigenvalue weighted by Crippen LogP contribution is 2.35. The molecule has 240 valence electrons. The minimum Gasteiger partial charge on any atom is -0.338 e. The predicted molar refractivity (Wildman–Crippen MR) is 179 cm³/mol. The third-order valence-electron chi connectivity index (χ3n) is 8.56. The quantitative estimate of drug-likeness (QED) is 0.142. The van der Waals surface area contributed by atoms with Crippen molar-refractivity contribution >= 4 is 43.6 Å². The molecule has 1 aliphatic carbocycles. The Labute approximate surface area is 270 Å². The van der Waals surface area contributed by atoms with Crippen molar-refractivity contribution in [1.82, 2.24) is 34.9 Å². The molecule has 6 aromatic rings. The number of aromatic amines is 2. The average Bonchev–Trinajstić information content (AvgIpc) is 3.68. The van der Waals surface area contributed by atoms with Gasteiger partial charge in [0.15, 0.2) is 0 Å². The van der Waals surface area contributed by atoms with E-state index in [0.29, 0.717) is 51.9 Å². The van der Waals surface area contributed by atoms with Crippen LogP contribution in [0.2, 0.25) is 0 Å². The zero-order valence-electron chi connectivity index (χ0n) is 25.7. The van der Waals surface area contributed by atoms with Crippen LogP contribution in [0.5, 0.6) is 0 Å². The van der Waals surface area contributed by atoms with Crippen LogP contribution in [0.3, 0.4) is 0 Å². The summed E-state index contributed by atoms with van der Waals surface area (Å²) >= 11 is 0. The molecule has 0 radical (unpaired) electrons. The number of sulfonamides is 1. The van der Waals surface area contributed by atoms with Crippen molar-refractivity contribution in [3.63, 3.8) is 0 Å². The minimum absolute atomic E-state index is 0.00297. The molecule has 0 unspecified atom stereocenters. The Morgan fingerprint density at radius 2 is 1.83 bits per heavy atom. The number of halogens is 1. The molecule has 1 amide bonds. The van der Waals surface area contributed by atoms with Crippen LogP contribution in [-0.2, 0) is 21.4 Å². The van der Waals surface area contributed by atoms with Gasteiger partial charge in [-0.1, -0.05) is 19.3 Å². The zero-order valence-corrected chi connectivity index (χ0v) is 26.5. The number of pyridine rings is 3. The van der Waals surface area contributed by atoms with Crippen LogP contribution < -0.4 is 10.0 Å². The van der Waals surface area contributed by atoms with Crippen molar-refractivity contribution in [2.24, 2.45) is 5.92 Å². The molecule has 1 aromatic carbocycles. The maximum absolute atomic E-state index is 14.7. The van der Waals surface area contributed by atoms with E-state index in [1.54, 1.807) is 36.9 Å². The number of anilines is 1. The van der Waals surface area contributed by atoms with Gasteiger partial charge in [0.25, 0.3) is 0 Å². The standard InChI is InChI=1S/C34H33FN8O3S/c1-47(45,46)39-16-21-9-22(12-24(35)10-21)26-7-8-37-34-27(26)14-30(41-34)33-28-15-29(38-19-31(28)42-43-33)23-13-25(18-36-17-23)40-32(44)11-20-5-3-2-4-6-20/h7-10,12-15,17-20,39H,2-6,11,16H2,1H3,(H,37,41)(H,40,44)(H,42,43). The molecule has 0 atom stereocenters. The van der Waals surface area contributed by atoms with Crippen molar-refractivity contribution in [3.05, 3.63) is 78.6 Å². The summed E-state index contributed by atoms with van der Waals surface area (Å²) in [5.74, 6) is -0.0348. The van der Waals surface area contributed by atoms with Gasteiger partial charge in [0, 0.05) is 41.7 Å². The van der Waals surface area contributed by atoms with Gasteiger partial charge in [-0.25, -0.2) is 22.5 Å². The second-order valence-electron chi connectivity index (χ2n) is 12.2. The van der Waals surface area contributed by atoms with Gasteiger partial charge in [0.2, 0.25) is 15.9 Å². The molecule has 13 heteroatoms. The van der Waals surface area contributed by atoms with Gasteiger partial charge in [0.1, 0.15) is 17.2 Å². The van der Waals surface area contributed by atoms with Gasteiger partial charge in [-0.3, -0.25) is 19.9 Å². The first-order valence-corrected chi connectivity index (χ1v) is 17.4. The summed E-state index contributed by atoms with van der Waals surface area (Å²) < 4.78 is 40.3. The van der Waals surface area contributed by atoms with E-state index >= 15 is 0 Å². The molecule has 5 heterocycles. The SMILES string of the molecule is CS(=O)(=O)NCc1cc(F)cc(-c2ccnc3[nH]c(-c4n[nH]c5cnc(-c6cncc(NC(=O)CC7CCCCC7)c6)cc45)cc23)c1. The zero-order chi connectivity index (χ0) is 32.5. The molecule has 0 aliphatic heterocycles. The molecule has 0 saturated heterocycles. The number of benzene rings is 1. The fourth-order valence-electron chi connectivity index (χ4n) is 6.32. The van der Waals surface area contributed by atoms with Crippen LogP contribution in [0.15, 0.2) is 67.3 Å². The van der Waals surface area contributed by atoms with E-state index in [9.17, 15) is 17.6 Å². The lowest BCUT2D eigenvalue weighted by Crippen LogP contribution is -2.21. The number of carbonyl (C=O) groups excluding carboxylic acids is 1. The molecule has 1 aliphatic rings. The molecule has 11 nitrogen and oxygen atoms in total. The van der Waals surface area contributed by atoms with Crippen LogP contribution in [0, 0.1) is 11.7 Å². The van der Waals surface area contributed by atoms with Crippen LogP contribution in [0.25, 0.3) is 55.7 Å². The van der Waals surface area contributed by atoms with Crippen LogP contribution in [-0.4, -0.2) is 50.7 Å². The summed E-state index contributed by atoms with van der Waals surface area (Å²) in [7, 11) is -3.44. The number of nitrogens with zero attached hydrogens (tertiary/aromatic N) is 4. The first-order valence-electron chi connectivity index (χ1n) is 15.5. The predicted octanol–water partition coefficient (Wildman–Crippen LogP) is 6.33. The third kappa shape index (κ3) is 6.91. The molecule has 0 bridgehead atoms. The van der Waals surface area contributed by atoms with Gasteiger partial charge >= 0.3 is 0 Å². The van der Waals surface area contributed by atoms with Gasteiger partial charge in [-0.2, -0.15) is 5.10 Å². The van der Waals surface area contributed by atoms with Crippen LogP contribution in [0.4, 0.5) is 10.1 Å². The Balaban J connectivity index is 1.18. The maximum Gasteiger partial charge on any atom is 0.224 e. The van der Waals surface area contributed by atoms with E-state index in [1.807, 2.05) is 18.2 Å². The number of carbonyl (C=O) groups is 1. The molecule has 7 rings (SSSR count). The Morgan fingerprint density at radius 1 is 0.979 bits per heavy atom. The minimum atomic E-state index is -3.44. The number of hydrogen-bond acceptors (Lipinski definition) is 7. The molecule has 5 aromatic heterocycles. The molecule has 47 heavy (non-hydrogen) atoms. The second-order valence-corrected chi connectivity index (χ2v) is 14.0. The van der Waals surface area contributed by atoms with Crippen molar-refractivity contribution in [2.45, 2.75) is 45.1 Å². The van der Waals surface area contributed by atoms with E-state index in [0.717, 1.165) is 46.5 Å². The second kappa shape index (κ2) is 12.6. The Morgan fingerprint density at radius 3 is 2.66 bits per heavy atom. The highest BCUT2D eigenvalue weighted by molar-refractivity contribution is 7.88. The fourth-order valence-corrected chi connectivity index (χ4v) is 6.75. The highest BCUT2D eigenvalue weighted by atomic mass is 32.2. The number of nitrogens with one attached hydrogen (secondary N) is 4. The maximum atomic E-state index is 14.7. The lowest BCUT2D eigenvalue weighted by atomic mass is 9.87. The van der Waals surface area contributed by atoms with Crippen molar-refractivity contribution < 1.29 is 17.6 Å². The number of fused-ring (bicyclic) bond motifs is 2. The number of aromatic nitrogens is 6. The van der Waals surface area contributed by atoms with E-state index in [1.165, 1.54) is 31.4 Å². The largest absolute Gasteiger partial charge is 0.338 e. The summed E-state index contributed by atoms with van der Waals surface area (Å²) in [4.78, 5) is 29.5. The smallest absolute Gasteiger partial charge is 0.224 e. The van der Waals surface area contributed by atoms with E-state index in [2.05, 4.69) is 40.2 Å². The number of hydrogen-bond donors (Lipinski definition) is 4. The summed E-state index contributed by atoms with van der Waals surface area (Å²) in [5.41, 5.74) is 6.51. The molecule has 0 spiro atoms. The summed E-state index contributed by atoms with van der Waals surface area (Å²) in [5, 5.41) is 12.2. The van der Waals surface area contributed by atoms with Crippen molar-refractivity contribution in [1.29, 1.82) is 0 Å². The van der Waals surface area contributed by atoms with Gasteiger partial charge in [0.05, 0.1) is 41.2 Å². The summed E-state index contributed by atoms with van der Waals surface area (Å²) in [6.45, 7) is -0.0307. The fraction of sp³-hybridized carbons (Fsp3) is 0.265. The Hall–Kier alpha value is -5.01. The molecule has 1 saturated carbocycles. The number of amides is 1. The van der Waals surface area contributed by atoms with E-state index in [-0.39, 0.29) is 12.5 Å². The summed E-state index contributed by atoms with van der Waals surface area (Å²) in [6.07, 6.45) is 14.1. The highest BCUT2D eigenvalue weighted by Gasteiger charge is 2.19. The number of H-pyrrole nitrogens is 2. The number of rotatable bonds is 9. The first kappa shape index (κ1) is 30.6. The molecule has 1 fully saturated rings. The van der Waals surface area contributed by atoms with Crippen LogP contribution >= 0.6 is 0 Å².